The number of hydrogen-bond acceptors (Lipinski definition) is 6. The quantitative estimate of drug-likeness (QED) is 0.625. The maximum Gasteiger partial charge on any atom is 0.360 e. The Hall–Kier alpha value is -2.06. The molecular weight excluding hydrogens is 320 g/mol. The van der Waals surface area contributed by atoms with Crippen LogP contribution in [0.1, 0.15) is 10.4 Å². The average molecular weight is 331 g/mol. The summed E-state index contributed by atoms with van der Waals surface area (Å²) < 4.78 is 35.2. The number of aromatic nitrogens is 2. The van der Waals surface area contributed by atoms with Crippen molar-refractivity contribution < 1.29 is 22.1 Å². The lowest BCUT2D eigenvalue weighted by atomic mass is 10.2. The summed E-state index contributed by atoms with van der Waals surface area (Å²) in [5.74, 6) is -0.876. The van der Waals surface area contributed by atoms with Gasteiger partial charge in [0.2, 0.25) is 5.03 Å². The number of rotatable bonds is 4. The zero-order valence-electron chi connectivity index (χ0n) is 11.1. The maximum absolute atomic E-state index is 12.2. The summed E-state index contributed by atoms with van der Waals surface area (Å²) in [6, 6.07) is 5.80. The minimum atomic E-state index is -4.26. The van der Waals surface area contributed by atoms with E-state index >= 15 is 0 Å². The predicted octanol–water partition coefficient (Wildman–Crippen LogP) is 1.63. The number of ether oxygens (including phenoxy) is 1. The number of hydrogen-bond donors (Lipinski definition) is 0. The summed E-state index contributed by atoms with van der Waals surface area (Å²) in [5, 5.41) is -0.517. The Kier molecular flexibility index (Phi) is 4.19. The Bertz CT molecular complexity index is 785. The highest BCUT2D eigenvalue weighted by atomic mass is 35.5. The second-order valence-electron chi connectivity index (χ2n) is 3.98. The zero-order valence-corrected chi connectivity index (χ0v) is 12.7. The van der Waals surface area contributed by atoms with Crippen LogP contribution in [0.15, 0.2) is 35.6 Å². The lowest BCUT2D eigenvalue weighted by Crippen LogP contribution is -2.14. The number of para-hydroxylation sites is 1. The maximum atomic E-state index is 12.2. The molecule has 0 saturated heterocycles. The molecule has 0 aliphatic rings. The Morgan fingerprint density at radius 1 is 1.33 bits per heavy atom. The molecular formula is C12H11ClN2O5S. The van der Waals surface area contributed by atoms with Gasteiger partial charge in [-0.1, -0.05) is 23.7 Å². The van der Waals surface area contributed by atoms with Crippen molar-refractivity contribution in [3.8, 4) is 5.75 Å². The predicted molar refractivity (Wildman–Crippen MR) is 73.8 cm³/mol. The molecule has 0 bridgehead atoms. The molecule has 0 N–H and O–H groups in total. The SMILES string of the molecule is COC(=O)c1ccccc1OS(=O)(=O)c1ncn(C)c1Cl. The lowest BCUT2D eigenvalue weighted by Gasteiger charge is -2.09. The smallest absolute Gasteiger partial charge is 0.360 e. The van der Waals surface area contributed by atoms with Gasteiger partial charge in [0.1, 0.15) is 5.56 Å². The monoisotopic (exact) mass is 330 g/mol. The minimum absolute atomic E-state index is 0.0179. The molecule has 0 unspecified atom stereocenters. The third kappa shape index (κ3) is 3.01. The van der Waals surface area contributed by atoms with Crippen LogP contribution >= 0.6 is 11.6 Å². The van der Waals surface area contributed by atoms with E-state index in [0.29, 0.717) is 0 Å². The molecule has 2 rings (SSSR count). The van der Waals surface area contributed by atoms with Crippen molar-refractivity contribution >= 4 is 27.7 Å². The molecule has 21 heavy (non-hydrogen) atoms. The fraction of sp³-hybridized carbons (Fsp3) is 0.167. The fourth-order valence-corrected chi connectivity index (χ4v) is 2.90. The van der Waals surface area contributed by atoms with Gasteiger partial charge in [-0.15, -0.1) is 0 Å². The summed E-state index contributed by atoms with van der Waals surface area (Å²) >= 11 is 5.84. The molecule has 0 aliphatic carbocycles. The van der Waals surface area contributed by atoms with E-state index in [1.807, 2.05) is 0 Å². The first-order chi connectivity index (χ1) is 9.86. The number of halogens is 1. The molecule has 112 valence electrons. The van der Waals surface area contributed by atoms with Crippen LogP contribution in [-0.4, -0.2) is 31.0 Å². The van der Waals surface area contributed by atoms with E-state index in [2.05, 4.69) is 9.72 Å². The first-order valence-electron chi connectivity index (χ1n) is 5.65. The molecule has 1 heterocycles. The number of nitrogens with zero attached hydrogens (tertiary/aromatic N) is 2. The van der Waals surface area contributed by atoms with Gasteiger partial charge in [0.05, 0.1) is 13.4 Å². The van der Waals surface area contributed by atoms with Crippen molar-refractivity contribution in [3.05, 3.63) is 41.3 Å². The third-order valence-electron chi connectivity index (χ3n) is 2.56. The Morgan fingerprint density at radius 3 is 2.57 bits per heavy atom. The van der Waals surface area contributed by atoms with E-state index < -0.39 is 21.1 Å². The molecule has 1 aromatic carbocycles. The van der Waals surface area contributed by atoms with Crippen molar-refractivity contribution in [3.63, 3.8) is 0 Å². The van der Waals surface area contributed by atoms with Crippen LogP contribution in [-0.2, 0) is 21.9 Å². The summed E-state index contributed by atoms with van der Waals surface area (Å²) in [6.45, 7) is 0. The minimum Gasteiger partial charge on any atom is -0.465 e. The molecule has 7 nitrogen and oxygen atoms in total. The summed E-state index contributed by atoms with van der Waals surface area (Å²) in [7, 11) is -1.54. The van der Waals surface area contributed by atoms with Crippen LogP contribution in [0.4, 0.5) is 0 Å². The van der Waals surface area contributed by atoms with Crippen molar-refractivity contribution in [1.29, 1.82) is 0 Å². The van der Waals surface area contributed by atoms with Crippen molar-refractivity contribution in [2.45, 2.75) is 5.03 Å². The van der Waals surface area contributed by atoms with E-state index in [1.165, 1.54) is 43.3 Å². The third-order valence-corrected chi connectivity index (χ3v) is 4.29. The van der Waals surface area contributed by atoms with Gasteiger partial charge in [-0.25, -0.2) is 9.78 Å². The van der Waals surface area contributed by atoms with Crippen molar-refractivity contribution in [1.82, 2.24) is 9.55 Å². The van der Waals surface area contributed by atoms with Crippen LogP contribution in [0.3, 0.4) is 0 Å². The lowest BCUT2D eigenvalue weighted by molar-refractivity contribution is 0.0599. The van der Waals surface area contributed by atoms with E-state index in [0.717, 1.165) is 0 Å². The average Bonchev–Trinajstić information content (AvgIpc) is 2.79. The number of carbonyl (C=O) groups excluding carboxylic acids is 1. The van der Waals surface area contributed by atoms with Gasteiger partial charge in [-0.3, -0.25) is 0 Å². The second kappa shape index (κ2) is 5.74. The summed E-state index contributed by atoms with van der Waals surface area (Å²) in [6.07, 6.45) is 1.24. The first kappa shape index (κ1) is 15.3. The Balaban J connectivity index is 2.43. The zero-order chi connectivity index (χ0) is 15.6. The number of imidazole rings is 1. The van der Waals surface area contributed by atoms with Crippen molar-refractivity contribution in [2.24, 2.45) is 7.05 Å². The number of aryl methyl sites for hydroxylation is 1. The largest absolute Gasteiger partial charge is 0.465 e. The summed E-state index contributed by atoms with van der Waals surface area (Å²) in [4.78, 5) is 15.3. The Labute approximate surface area is 126 Å². The van der Waals surface area contributed by atoms with Crippen LogP contribution in [0.2, 0.25) is 5.15 Å². The first-order valence-corrected chi connectivity index (χ1v) is 7.44. The normalized spacial score (nSPS) is 11.2. The highest BCUT2D eigenvalue weighted by molar-refractivity contribution is 7.87. The number of methoxy groups -OCH3 is 1. The molecule has 0 radical (unpaired) electrons. The summed E-state index contributed by atoms with van der Waals surface area (Å²) in [5.41, 5.74) is -0.0179. The van der Waals surface area contributed by atoms with Gasteiger partial charge in [0.15, 0.2) is 10.9 Å². The van der Waals surface area contributed by atoms with Gasteiger partial charge in [0.25, 0.3) is 0 Å². The van der Waals surface area contributed by atoms with E-state index in [9.17, 15) is 13.2 Å². The highest BCUT2D eigenvalue weighted by Gasteiger charge is 2.26. The highest BCUT2D eigenvalue weighted by Crippen LogP contribution is 2.26. The molecule has 9 heteroatoms. The van der Waals surface area contributed by atoms with Gasteiger partial charge in [-0.05, 0) is 12.1 Å². The molecule has 0 fully saturated rings. The van der Waals surface area contributed by atoms with E-state index in [1.54, 1.807) is 6.07 Å². The van der Waals surface area contributed by atoms with E-state index in [-0.39, 0.29) is 16.5 Å². The van der Waals surface area contributed by atoms with Gasteiger partial charge < -0.3 is 13.5 Å². The molecule has 0 atom stereocenters. The van der Waals surface area contributed by atoms with Crippen molar-refractivity contribution in [2.75, 3.05) is 7.11 Å². The number of benzene rings is 1. The second-order valence-corrected chi connectivity index (χ2v) is 5.80. The topological polar surface area (TPSA) is 87.5 Å². The van der Waals surface area contributed by atoms with Crippen LogP contribution in [0.25, 0.3) is 0 Å². The molecule has 2 aromatic rings. The standard InChI is InChI=1S/C12H11ClN2O5S/c1-15-7-14-11(10(15)13)21(17,18)20-9-6-4-3-5-8(9)12(16)19-2/h3-7H,1-2H3. The fourth-order valence-electron chi connectivity index (χ4n) is 1.54. The molecule has 1 aromatic heterocycles. The van der Waals surface area contributed by atoms with Crippen LogP contribution < -0.4 is 4.18 Å². The van der Waals surface area contributed by atoms with Crippen LogP contribution in [0, 0.1) is 0 Å². The number of carbonyl (C=O) groups is 1. The Morgan fingerprint density at radius 2 is 2.00 bits per heavy atom. The number of esters is 1. The van der Waals surface area contributed by atoms with E-state index in [4.69, 9.17) is 15.8 Å². The molecule has 0 saturated carbocycles. The molecule has 0 amide bonds. The van der Waals surface area contributed by atoms with Gasteiger partial charge in [-0.2, -0.15) is 8.42 Å². The van der Waals surface area contributed by atoms with Gasteiger partial charge in [0, 0.05) is 7.05 Å². The van der Waals surface area contributed by atoms with Crippen LogP contribution in [0.5, 0.6) is 5.75 Å². The van der Waals surface area contributed by atoms with Gasteiger partial charge >= 0.3 is 16.1 Å². The molecule has 0 aliphatic heterocycles. The molecule has 0 spiro atoms.